The van der Waals surface area contributed by atoms with Gasteiger partial charge in [0.25, 0.3) is 0 Å². The first-order chi connectivity index (χ1) is 32.0. The number of hydrogen-bond donors (Lipinski definition) is 2. The lowest BCUT2D eigenvalue weighted by Gasteiger charge is -2.43. The molecule has 14 atom stereocenters. The van der Waals surface area contributed by atoms with Crippen LogP contribution in [0.4, 0.5) is 0 Å². The molecule has 4 fully saturated rings. The summed E-state index contributed by atoms with van der Waals surface area (Å²) in [7, 11) is 13.0. The van der Waals surface area contributed by atoms with E-state index in [1.807, 2.05) is 55.4 Å². The quantitative estimate of drug-likeness (QED) is 0.137. The molecule has 0 saturated heterocycles. The van der Waals surface area contributed by atoms with Crippen molar-refractivity contribution < 1.29 is 33.7 Å². The standard InChI is InChI=1S/C48H84N4O7.4C2H6/c1-31-21-35(11-15-41(31)49(5)6)25-37-13-17-43(33(3)23-37)51(9)27-39(53)29-57-47(55)45-19-20-46(59-45)48(56)58-30-40(54)28-52(10)44-18-14-38(24-34(44)4)26-36-12-16-42(50(7)8)32(2)22-36;4*1-2/h19-20,31-44,53-54H,11-18,21-30H2,1-10H3;4*1-2H3. The van der Waals surface area contributed by atoms with E-state index >= 15 is 0 Å². The molecule has 11 heteroatoms. The van der Waals surface area contributed by atoms with Gasteiger partial charge in [0.2, 0.25) is 11.5 Å². The van der Waals surface area contributed by atoms with Crippen molar-refractivity contribution in [2.75, 3.05) is 68.6 Å². The molecule has 0 bridgehead atoms. The predicted molar refractivity (Wildman–Crippen MR) is 280 cm³/mol. The Morgan fingerprint density at radius 3 is 1.03 bits per heavy atom. The van der Waals surface area contributed by atoms with Gasteiger partial charge in [0.15, 0.2) is 0 Å². The highest BCUT2D eigenvalue weighted by molar-refractivity contribution is 5.90. The third kappa shape index (κ3) is 20.7. The van der Waals surface area contributed by atoms with Crippen LogP contribution < -0.4 is 0 Å². The van der Waals surface area contributed by atoms with Crippen LogP contribution in [0.3, 0.4) is 0 Å². The zero-order valence-electron chi connectivity index (χ0n) is 46.7. The Kier molecular flexibility index (Phi) is 31.5. The van der Waals surface area contributed by atoms with Crippen molar-refractivity contribution in [2.45, 2.75) is 209 Å². The molecule has 1 aromatic rings. The van der Waals surface area contributed by atoms with Crippen LogP contribution in [0.15, 0.2) is 16.5 Å². The van der Waals surface area contributed by atoms with E-state index in [4.69, 9.17) is 13.9 Å². The van der Waals surface area contributed by atoms with E-state index in [0.29, 0.717) is 49.1 Å². The van der Waals surface area contributed by atoms with Crippen LogP contribution in [-0.4, -0.2) is 147 Å². The molecule has 0 radical (unpaired) electrons. The third-order valence-electron chi connectivity index (χ3n) is 15.5. The molecule has 67 heavy (non-hydrogen) atoms. The summed E-state index contributed by atoms with van der Waals surface area (Å²) < 4.78 is 16.3. The molecule has 4 aliphatic carbocycles. The number of aliphatic hydroxyl groups excluding tert-OH is 2. The van der Waals surface area contributed by atoms with Gasteiger partial charge in [-0.1, -0.05) is 83.1 Å². The highest BCUT2D eigenvalue weighted by atomic mass is 16.6. The Balaban J connectivity index is 0.00000266. The van der Waals surface area contributed by atoms with Gasteiger partial charge in [0.05, 0.1) is 0 Å². The van der Waals surface area contributed by atoms with Crippen molar-refractivity contribution in [3.8, 4) is 0 Å². The van der Waals surface area contributed by atoms with E-state index in [0.717, 1.165) is 48.3 Å². The number of furan rings is 1. The number of esters is 2. The second kappa shape index (κ2) is 33.5. The van der Waals surface area contributed by atoms with Gasteiger partial charge >= 0.3 is 11.9 Å². The van der Waals surface area contributed by atoms with Crippen molar-refractivity contribution in [1.82, 2.24) is 19.6 Å². The molecular weight excluding hydrogens is 841 g/mol. The summed E-state index contributed by atoms with van der Waals surface area (Å²) in [5.41, 5.74) is 0. The van der Waals surface area contributed by atoms with Crippen molar-refractivity contribution in [3.05, 3.63) is 23.7 Å². The second-order valence-corrected chi connectivity index (χ2v) is 20.8. The molecule has 2 N–H and O–H groups in total. The number of carbonyl (C=O) groups excluding carboxylic acids is 2. The minimum atomic E-state index is -0.846. The van der Waals surface area contributed by atoms with Gasteiger partial charge in [-0.25, -0.2) is 9.59 Å². The molecular formula is C56H108N4O7. The topological polar surface area (TPSA) is 119 Å². The number of nitrogens with zero attached hydrogens (tertiary/aromatic N) is 4. The Morgan fingerprint density at radius 1 is 0.507 bits per heavy atom. The molecule has 5 rings (SSSR count). The highest BCUT2D eigenvalue weighted by Gasteiger charge is 2.37. The summed E-state index contributed by atoms with van der Waals surface area (Å²) in [5, 5.41) is 21.6. The van der Waals surface area contributed by atoms with Crippen LogP contribution >= 0.6 is 0 Å². The van der Waals surface area contributed by atoms with Gasteiger partial charge in [0, 0.05) is 37.3 Å². The fraction of sp³-hybridized carbons (Fsp3) is 0.893. The van der Waals surface area contributed by atoms with Crippen molar-refractivity contribution in [2.24, 2.45) is 47.3 Å². The molecule has 1 heterocycles. The highest BCUT2D eigenvalue weighted by Crippen LogP contribution is 2.42. The molecule has 1 aromatic heterocycles. The second-order valence-electron chi connectivity index (χ2n) is 20.8. The maximum Gasteiger partial charge on any atom is 0.374 e. The summed E-state index contributed by atoms with van der Waals surface area (Å²) in [6.07, 6.45) is 16.1. The van der Waals surface area contributed by atoms with Crippen molar-refractivity contribution in [1.29, 1.82) is 0 Å². The molecule has 4 saturated carbocycles. The van der Waals surface area contributed by atoms with Crippen LogP contribution in [0.2, 0.25) is 0 Å². The molecule has 0 amide bonds. The zero-order valence-corrected chi connectivity index (χ0v) is 46.7. The number of carbonyl (C=O) groups is 2. The Labute approximate surface area is 412 Å². The average molecular weight is 950 g/mol. The van der Waals surface area contributed by atoms with E-state index in [1.54, 1.807) is 0 Å². The monoisotopic (exact) mass is 949 g/mol. The number of ether oxygens (including phenoxy) is 2. The predicted octanol–water partition coefficient (Wildman–Crippen LogP) is 11.4. The fourth-order valence-electron chi connectivity index (χ4n) is 12.7. The number of rotatable bonds is 18. The fourth-order valence-corrected chi connectivity index (χ4v) is 12.7. The Hall–Kier alpha value is -2.02. The largest absolute Gasteiger partial charge is 0.457 e. The zero-order chi connectivity index (χ0) is 51.0. The summed E-state index contributed by atoms with van der Waals surface area (Å²) in [6, 6.07) is 4.96. The van der Waals surface area contributed by atoms with E-state index in [9.17, 15) is 19.8 Å². The minimum absolute atomic E-state index is 0.130. The summed E-state index contributed by atoms with van der Waals surface area (Å²) >= 11 is 0. The lowest BCUT2D eigenvalue weighted by atomic mass is 9.70. The van der Waals surface area contributed by atoms with Gasteiger partial charge < -0.3 is 43.7 Å². The van der Waals surface area contributed by atoms with E-state index in [2.05, 4.69) is 89.6 Å². The molecule has 0 aliphatic heterocycles. The van der Waals surface area contributed by atoms with E-state index < -0.39 is 24.1 Å². The van der Waals surface area contributed by atoms with Crippen molar-refractivity contribution >= 4 is 11.9 Å². The molecule has 394 valence electrons. The van der Waals surface area contributed by atoms with Crippen LogP contribution in [0.5, 0.6) is 0 Å². The van der Waals surface area contributed by atoms with Crippen LogP contribution in [-0.2, 0) is 9.47 Å². The first kappa shape index (κ1) is 63.0. The van der Waals surface area contributed by atoms with Gasteiger partial charge in [-0.15, -0.1) is 0 Å². The van der Waals surface area contributed by atoms with Gasteiger partial charge in [0.1, 0.15) is 25.4 Å². The smallest absolute Gasteiger partial charge is 0.374 e. The summed E-state index contributed by atoms with van der Waals surface area (Å²) in [5.74, 6) is 4.08. The molecule has 0 aromatic carbocycles. The third-order valence-corrected chi connectivity index (χ3v) is 15.5. The SMILES string of the molecule is CC.CC.CC.CC.CC1CC(CC2CCC(N(C)CC(O)COC(=O)c3ccc(C(=O)OCC(O)CN(C)C4CCC(CC5CCC(N(C)C)C(C)C5)CC4C)o3)C(C)C2)CCC1N(C)C. The lowest BCUT2D eigenvalue weighted by molar-refractivity contribution is 0.000906. The number of likely N-dealkylation sites (N-methyl/N-ethyl adjacent to an activating group) is 2. The van der Waals surface area contributed by atoms with Crippen LogP contribution in [0.1, 0.15) is 194 Å². The maximum atomic E-state index is 12.8. The average Bonchev–Trinajstić information content (AvgIpc) is 3.81. The van der Waals surface area contributed by atoms with Crippen molar-refractivity contribution in [3.63, 3.8) is 0 Å². The molecule has 11 nitrogen and oxygen atoms in total. The molecule has 4 aliphatic rings. The first-order valence-corrected chi connectivity index (χ1v) is 27.5. The molecule has 14 unspecified atom stereocenters. The number of aliphatic hydroxyl groups is 2. The van der Waals surface area contributed by atoms with Gasteiger partial charge in [-0.05, 0) is 192 Å². The van der Waals surface area contributed by atoms with E-state index in [-0.39, 0.29) is 24.7 Å². The Bertz CT molecular complexity index is 1340. The van der Waals surface area contributed by atoms with Crippen LogP contribution in [0, 0.1) is 47.3 Å². The van der Waals surface area contributed by atoms with Gasteiger partial charge in [-0.3, -0.25) is 0 Å². The summed E-state index contributed by atoms with van der Waals surface area (Å²) in [6.45, 7) is 26.0. The normalized spacial score (nSPS) is 30.6. The van der Waals surface area contributed by atoms with Crippen LogP contribution in [0.25, 0.3) is 0 Å². The van der Waals surface area contributed by atoms with Gasteiger partial charge in [-0.2, -0.15) is 0 Å². The minimum Gasteiger partial charge on any atom is -0.457 e. The summed E-state index contributed by atoms with van der Waals surface area (Å²) in [4.78, 5) is 34.8. The van der Waals surface area contributed by atoms with E-state index in [1.165, 1.54) is 89.2 Å². The lowest BCUT2D eigenvalue weighted by Crippen LogP contribution is -2.45. The number of hydrogen-bond acceptors (Lipinski definition) is 11. The Morgan fingerprint density at radius 2 is 0.776 bits per heavy atom. The maximum absolute atomic E-state index is 12.8. The molecule has 0 spiro atoms. The first-order valence-electron chi connectivity index (χ1n) is 27.5.